The van der Waals surface area contributed by atoms with Gasteiger partial charge in [-0.15, -0.1) is 0 Å². The van der Waals surface area contributed by atoms with Crippen LogP contribution < -0.4 is 5.32 Å². The van der Waals surface area contributed by atoms with Gasteiger partial charge >= 0.3 is 0 Å². The van der Waals surface area contributed by atoms with E-state index in [0.29, 0.717) is 11.3 Å². The van der Waals surface area contributed by atoms with Crippen LogP contribution in [0, 0.1) is 16.0 Å². The predicted octanol–water partition coefficient (Wildman–Crippen LogP) is 6.23. The number of carbonyl (C=O) groups is 3. The van der Waals surface area contributed by atoms with Crippen LogP contribution in [0.4, 0.5) is 11.4 Å². The average Bonchev–Trinajstić information content (AvgIpc) is 3.49. The third-order valence-corrected chi connectivity index (χ3v) is 8.93. The van der Waals surface area contributed by atoms with Crippen molar-refractivity contribution in [1.29, 1.82) is 0 Å². The van der Waals surface area contributed by atoms with Gasteiger partial charge in [0, 0.05) is 35.1 Å². The molecule has 0 radical (unpaired) electrons. The second-order valence-corrected chi connectivity index (χ2v) is 11.0. The van der Waals surface area contributed by atoms with Crippen molar-refractivity contribution >= 4 is 46.5 Å². The molecule has 4 atom stereocenters. The topological polar surface area (TPSA) is 110 Å². The number of nitro benzene ring substituents is 1. The molecule has 4 aromatic carbocycles. The fourth-order valence-electron chi connectivity index (χ4n) is 6.94. The summed E-state index contributed by atoms with van der Waals surface area (Å²) in [7, 11) is 0. The van der Waals surface area contributed by atoms with E-state index in [1.807, 2.05) is 42.5 Å². The lowest BCUT2D eigenvalue weighted by Crippen LogP contribution is -2.49. The van der Waals surface area contributed by atoms with Crippen LogP contribution in [0.15, 0.2) is 103 Å². The van der Waals surface area contributed by atoms with Crippen LogP contribution in [0.25, 0.3) is 6.08 Å². The lowest BCUT2D eigenvalue weighted by molar-refractivity contribution is -0.384. The highest BCUT2D eigenvalue weighted by atomic mass is 35.5. The number of hydrogen-bond acceptors (Lipinski definition) is 6. The molecule has 1 fully saturated rings. The van der Waals surface area contributed by atoms with Crippen molar-refractivity contribution in [3.8, 4) is 0 Å². The lowest BCUT2D eigenvalue weighted by atomic mass is 9.62. The number of anilines is 1. The van der Waals surface area contributed by atoms with Gasteiger partial charge in [0.25, 0.3) is 5.69 Å². The van der Waals surface area contributed by atoms with Crippen molar-refractivity contribution in [2.75, 3.05) is 5.32 Å². The van der Waals surface area contributed by atoms with E-state index < -0.39 is 45.8 Å². The quantitative estimate of drug-likeness (QED) is 0.172. The zero-order valence-corrected chi connectivity index (χ0v) is 22.7. The summed E-state index contributed by atoms with van der Waals surface area (Å²) >= 11 is 6.55. The fourth-order valence-corrected chi connectivity index (χ4v) is 7.17. The van der Waals surface area contributed by atoms with E-state index in [1.54, 1.807) is 47.5 Å². The standard InChI is InChI=1S/C33H22ClN3O5/c34-25-14-5-3-12-23(25)30(39)27-28(29(38)20-9-7-10-21(18-20)37(41)42)36-17-16-19-8-1-2-11-22(19)31(36)33(27)24-13-4-6-15-26(24)35-32(33)40/h1-18,27-28,31H,(H,35,40)/t27-,28+,31-,33+/m0/s1. The van der Waals surface area contributed by atoms with Gasteiger partial charge in [-0.05, 0) is 41.0 Å². The Balaban J connectivity index is 1.54. The van der Waals surface area contributed by atoms with Crippen molar-refractivity contribution < 1.29 is 19.3 Å². The first-order valence-electron chi connectivity index (χ1n) is 13.4. The highest BCUT2D eigenvalue weighted by Crippen LogP contribution is 2.62. The molecule has 1 amide bonds. The van der Waals surface area contributed by atoms with Crippen LogP contribution in [0.5, 0.6) is 0 Å². The smallest absolute Gasteiger partial charge is 0.270 e. The Hall–Kier alpha value is -5.08. The molecule has 0 bridgehead atoms. The highest BCUT2D eigenvalue weighted by Gasteiger charge is 2.70. The number of para-hydroxylation sites is 1. The Morgan fingerprint density at radius 2 is 1.64 bits per heavy atom. The maximum absolute atomic E-state index is 14.8. The molecule has 3 heterocycles. The number of nitro groups is 1. The van der Waals surface area contributed by atoms with Crippen LogP contribution in [0.3, 0.4) is 0 Å². The van der Waals surface area contributed by atoms with Crippen LogP contribution in [-0.2, 0) is 10.2 Å². The Labute approximate surface area is 245 Å². The number of amides is 1. The number of nitrogens with zero attached hydrogens (tertiary/aromatic N) is 2. The van der Waals surface area contributed by atoms with Crippen LogP contribution >= 0.6 is 11.6 Å². The molecule has 3 aliphatic rings. The molecule has 9 heteroatoms. The maximum atomic E-state index is 14.8. The number of nitrogens with one attached hydrogen (secondary N) is 1. The molecule has 7 rings (SSSR count). The van der Waals surface area contributed by atoms with Gasteiger partial charge in [0.2, 0.25) is 5.91 Å². The maximum Gasteiger partial charge on any atom is 0.270 e. The first-order chi connectivity index (χ1) is 20.3. The van der Waals surface area contributed by atoms with Gasteiger partial charge in [0.1, 0.15) is 11.5 Å². The number of rotatable bonds is 5. The molecule has 0 aliphatic carbocycles. The SMILES string of the molecule is O=C(c1ccccc1Cl)[C@@H]1[C@H](C(=O)c2cccc([N+](=O)[O-])c2)N2C=Cc3ccccc3[C@H]2[C@]12C(=O)Nc1ccccc12. The van der Waals surface area contributed by atoms with Crippen LogP contribution in [0.2, 0.25) is 5.02 Å². The molecule has 1 saturated heterocycles. The van der Waals surface area contributed by atoms with E-state index in [1.165, 1.54) is 24.3 Å². The van der Waals surface area contributed by atoms with Crippen molar-refractivity contribution in [3.05, 3.63) is 146 Å². The molecule has 8 nitrogen and oxygen atoms in total. The Kier molecular flexibility index (Phi) is 5.85. The Morgan fingerprint density at radius 1 is 0.905 bits per heavy atom. The van der Waals surface area contributed by atoms with Crippen LogP contribution in [-0.4, -0.2) is 33.3 Å². The first kappa shape index (κ1) is 25.9. The minimum absolute atomic E-state index is 0.0703. The molecule has 3 aliphatic heterocycles. The molecule has 1 spiro atoms. The normalized spacial score (nSPS) is 23.2. The molecule has 206 valence electrons. The zero-order valence-electron chi connectivity index (χ0n) is 21.9. The molecular weight excluding hydrogens is 554 g/mol. The van der Waals surface area contributed by atoms with Crippen molar-refractivity contribution in [3.63, 3.8) is 0 Å². The predicted molar refractivity (Wildman–Crippen MR) is 157 cm³/mol. The number of fused-ring (bicyclic) bond motifs is 6. The Morgan fingerprint density at radius 3 is 2.45 bits per heavy atom. The van der Waals surface area contributed by atoms with E-state index in [-0.39, 0.29) is 21.8 Å². The van der Waals surface area contributed by atoms with Crippen molar-refractivity contribution in [2.24, 2.45) is 5.92 Å². The number of hydrogen-bond donors (Lipinski definition) is 1. The summed E-state index contributed by atoms with van der Waals surface area (Å²) in [5.74, 6) is -2.60. The van der Waals surface area contributed by atoms with E-state index in [4.69, 9.17) is 11.6 Å². The minimum atomic E-state index is -1.52. The number of Topliss-reactive ketones (excluding diaryl/α,β-unsaturated/α-hetero) is 2. The van der Waals surface area contributed by atoms with E-state index in [2.05, 4.69) is 5.32 Å². The summed E-state index contributed by atoms with van der Waals surface area (Å²) in [5.41, 5.74) is 1.32. The molecule has 42 heavy (non-hydrogen) atoms. The zero-order chi connectivity index (χ0) is 29.2. The Bertz CT molecular complexity index is 1870. The number of benzene rings is 4. The van der Waals surface area contributed by atoms with Gasteiger partial charge in [-0.2, -0.15) is 0 Å². The lowest BCUT2D eigenvalue weighted by Gasteiger charge is -2.38. The number of carbonyl (C=O) groups excluding carboxylic acids is 3. The first-order valence-corrected chi connectivity index (χ1v) is 13.7. The van der Waals surface area contributed by atoms with Gasteiger partial charge in [-0.1, -0.05) is 78.3 Å². The third kappa shape index (κ3) is 3.51. The third-order valence-electron chi connectivity index (χ3n) is 8.60. The summed E-state index contributed by atoms with van der Waals surface area (Å²) in [6, 6.07) is 24.9. The monoisotopic (exact) mass is 575 g/mol. The summed E-state index contributed by atoms with van der Waals surface area (Å²) in [5, 5.41) is 14.8. The van der Waals surface area contributed by atoms with Gasteiger partial charge in [-0.25, -0.2) is 0 Å². The largest absolute Gasteiger partial charge is 0.358 e. The number of non-ortho nitro benzene ring substituents is 1. The molecule has 0 aromatic heterocycles. The van der Waals surface area contributed by atoms with Gasteiger partial charge in [0.05, 0.1) is 21.9 Å². The summed E-state index contributed by atoms with van der Waals surface area (Å²) < 4.78 is 0. The number of halogens is 1. The number of ketones is 2. The molecule has 1 N–H and O–H groups in total. The van der Waals surface area contributed by atoms with Crippen molar-refractivity contribution in [2.45, 2.75) is 17.5 Å². The van der Waals surface area contributed by atoms with E-state index in [9.17, 15) is 24.5 Å². The minimum Gasteiger partial charge on any atom is -0.358 e. The van der Waals surface area contributed by atoms with Gasteiger partial charge in [-0.3, -0.25) is 24.5 Å². The second-order valence-electron chi connectivity index (χ2n) is 10.6. The van der Waals surface area contributed by atoms with Gasteiger partial charge in [0.15, 0.2) is 11.6 Å². The molecule has 0 unspecified atom stereocenters. The molecule has 0 saturated carbocycles. The fraction of sp³-hybridized carbons (Fsp3) is 0.121. The van der Waals surface area contributed by atoms with E-state index in [0.717, 1.165) is 11.1 Å². The summed E-state index contributed by atoms with van der Waals surface area (Å²) in [6.07, 6.45) is 3.61. The van der Waals surface area contributed by atoms with Crippen molar-refractivity contribution in [1.82, 2.24) is 4.90 Å². The summed E-state index contributed by atoms with van der Waals surface area (Å²) in [6.45, 7) is 0. The average molecular weight is 576 g/mol. The second kappa shape index (κ2) is 9.49. The molecular formula is C33H22ClN3O5. The summed E-state index contributed by atoms with van der Waals surface area (Å²) in [4.78, 5) is 56.6. The molecule has 4 aromatic rings. The van der Waals surface area contributed by atoms with Gasteiger partial charge < -0.3 is 10.2 Å². The van der Waals surface area contributed by atoms with E-state index >= 15 is 0 Å². The van der Waals surface area contributed by atoms with Crippen LogP contribution in [0.1, 0.15) is 43.4 Å². The highest BCUT2D eigenvalue weighted by molar-refractivity contribution is 6.34.